The molecule has 0 radical (unpaired) electrons. The second kappa shape index (κ2) is 4.49. The summed E-state index contributed by atoms with van der Waals surface area (Å²) in [4.78, 5) is 4.87. The number of rotatable bonds is 2. The van der Waals surface area contributed by atoms with E-state index >= 15 is 0 Å². The molecule has 0 aliphatic heterocycles. The van der Waals surface area contributed by atoms with Gasteiger partial charge in [0.15, 0.2) is 0 Å². The lowest BCUT2D eigenvalue weighted by atomic mass is 9.94. The van der Waals surface area contributed by atoms with Gasteiger partial charge in [0.1, 0.15) is 5.82 Å². The van der Waals surface area contributed by atoms with Crippen LogP contribution < -0.4 is 0 Å². The predicted octanol–water partition coefficient (Wildman–Crippen LogP) is 5.01. The zero-order chi connectivity index (χ0) is 13.9. The molecule has 2 nitrogen and oxygen atoms in total. The zero-order valence-corrected chi connectivity index (χ0v) is 12.9. The molecule has 20 heavy (non-hydrogen) atoms. The van der Waals surface area contributed by atoms with E-state index < -0.39 is 0 Å². The predicted molar refractivity (Wildman–Crippen MR) is 83.2 cm³/mol. The number of alkyl halides is 1. The lowest BCUT2D eigenvalue weighted by Crippen LogP contribution is -2.18. The minimum Gasteiger partial charge on any atom is -0.323 e. The number of aryl methyl sites for hydroxylation is 1. The van der Waals surface area contributed by atoms with Gasteiger partial charge in [-0.05, 0) is 56.6 Å². The molecule has 1 heterocycles. The molecule has 4 atom stereocenters. The van der Waals surface area contributed by atoms with Gasteiger partial charge in [-0.25, -0.2) is 4.98 Å². The molecule has 2 aromatic rings. The highest BCUT2D eigenvalue weighted by atomic mass is 35.5. The van der Waals surface area contributed by atoms with E-state index in [-0.39, 0.29) is 5.38 Å². The summed E-state index contributed by atoms with van der Waals surface area (Å²) in [6.07, 6.45) is 5.54. The van der Waals surface area contributed by atoms with E-state index in [1.54, 1.807) is 0 Å². The van der Waals surface area contributed by atoms with Crippen molar-refractivity contribution in [2.24, 2.45) is 11.8 Å². The monoisotopic (exact) mass is 288 g/mol. The summed E-state index contributed by atoms with van der Waals surface area (Å²) in [5, 5.41) is -0.0269. The Morgan fingerprint density at radius 3 is 2.80 bits per heavy atom. The minimum absolute atomic E-state index is 0.0269. The number of aromatic nitrogens is 2. The van der Waals surface area contributed by atoms with E-state index in [9.17, 15) is 0 Å². The van der Waals surface area contributed by atoms with Gasteiger partial charge in [0, 0.05) is 6.04 Å². The van der Waals surface area contributed by atoms with Gasteiger partial charge in [-0.1, -0.05) is 18.6 Å². The molecule has 1 aromatic carbocycles. The van der Waals surface area contributed by atoms with Gasteiger partial charge in [0.2, 0.25) is 0 Å². The Labute approximate surface area is 125 Å². The first-order valence-electron chi connectivity index (χ1n) is 7.76. The van der Waals surface area contributed by atoms with Crippen LogP contribution in [0.4, 0.5) is 0 Å². The maximum absolute atomic E-state index is 6.43. The Bertz CT molecular complexity index is 658. The molecular formula is C17H21ClN2. The third-order valence-corrected chi connectivity index (χ3v) is 5.53. The molecule has 0 saturated heterocycles. The molecule has 0 spiro atoms. The summed E-state index contributed by atoms with van der Waals surface area (Å²) in [6.45, 7) is 4.19. The third-order valence-electron chi connectivity index (χ3n) is 5.34. The van der Waals surface area contributed by atoms with Crippen LogP contribution in [0.25, 0.3) is 11.0 Å². The summed E-state index contributed by atoms with van der Waals surface area (Å²) < 4.78 is 2.48. The molecule has 2 aliphatic carbocycles. The Morgan fingerprint density at radius 2 is 2.15 bits per heavy atom. The molecular weight excluding hydrogens is 268 g/mol. The largest absolute Gasteiger partial charge is 0.323 e. The maximum atomic E-state index is 6.43. The van der Waals surface area contributed by atoms with Gasteiger partial charge < -0.3 is 4.57 Å². The summed E-state index contributed by atoms with van der Waals surface area (Å²) in [5.41, 5.74) is 3.67. The molecule has 4 rings (SSSR count). The second-order valence-electron chi connectivity index (χ2n) is 6.64. The van der Waals surface area contributed by atoms with Gasteiger partial charge in [-0.2, -0.15) is 0 Å². The standard InChI is InChI=1S/C17H21ClN2/c1-10-4-3-5-14-16(10)19-17(11(2)18)20(14)15-9-12-6-7-13(15)8-12/h3-5,11-13,15H,6-9H2,1-2H3. The summed E-state index contributed by atoms with van der Waals surface area (Å²) in [7, 11) is 0. The number of fused-ring (bicyclic) bond motifs is 3. The molecule has 2 saturated carbocycles. The van der Waals surface area contributed by atoms with Crippen LogP contribution in [0, 0.1) is 18.8 Å². The molecule has 2 bridgehead atoms. The first kappa shape index (κ1) is 12.7. The molecule has 4 unspecified atom stereocenters. The van der Waals surface area contributed by atoms with Crippen molar-refractivity contribution in [2.75, 3.05) is 0 Å². The fraction of sp³-hybridized carbons (Fsp3) is 0.588. The van der Waals surface area contributed by atoms with Crippen molar-refractivity contribution in [1.82, 2.24) is 9.55 Å². The van der Waals surface area contributed by atoms with Crippen LogP contribution in [-0.2, 0) is 0 Å². The van der Waals surface area contributed by atoms with Crippen molar-refractivity contribution < 1.29 is 0 Å². The average molecular weight is 289 g/mol. The van der Waals surface area contributed by atoms with Crippen molar-refractivity contribution in [2.45, 2.75) is 50.9 Å². The highest BCUT2D eigenvalue weighted by Crippen LogP contribution is 2.52. The van der Waals surface area contributed by atoms with E-state index in [2.05, 4.69) is 29.7 Å². The number of nitrogens with zero attached hydrogens (tertiary/aromatic N) is 2. The SMILES string of the molecule is Cc1cccc2c1nc(C(C)Cl)n2C1CC2CCC1C2. The van der Waals surface area contributed by atoms with Crippen molar-refractivity contribution in [3.05, 3.63) is 29.6 Å². The fourth-order valence-corrected chi connectivity index (χ4v) is 4.59. The Hall–Kier alpha value is -1.02. The van der Waals surface area contributed by atoms with Crippen LogP contribution in [0.2, 0.25) is 0 Å². The third kappa shape index (κ3) is 1.74. The van der Waals surface area contributed by atoms with Crippen LogP contribution in [-0.4, -0.2) is 9.55 Å². The smallest absolute Gasteiger partial charge is 0.127 e. The minimum atomic E-state index is -0.0269. The fourth-order valence-electron chi connectivity index (χ4n) is 4.43. The highest BCUT2D eigenvalue weighted by molar-refractivity contribution is 6.20. The summed E-state index contributed by atoms with van der Waals surface area (Å²) in [5.74, 6) is 2.84. The number of benzene rings is 1. The van der Waals surface area contributed by atoms with Gasteiger partial charge in [0.25, 0.3) is 0 Å². The zero-order valence-electron chi connectivity index (χ0n) is 12.1. The quantitative estimate of drug-likeness (QED) is 0.711. The van der Waals surface area contributed by atoms with Crippen molar-refractivity contribution in [3.8, 4) is 0 Å². The van der Waals surface area contributed by atoms with Gasteiger partial charge in [0.05, 0.1) is 16.4 Å². The Morgan fingerprint density at radius 1 is 1.30 bits per heavy atom. The number of imidazole rings is 1. The first-order chi connectivity index (χ1) is 9.65. The molecule has 0 N–H and O–H groups in total. The molecule has 3 heteroatoms. The van der Waals surface area contributed by atoms with Crippen molar-refractivity contribution in [1.29, 1.82) is 0 Å². The normalized spacial score (nSPS) is 30.2. The van der Waals surface area contributed by atoms with E-state index in [1.807, 2.05) is 6.92 Å². The molecule has 0 amide bonds. The molecule has 2 fully saturated rings. The van der Waals surface area contributed by atoms with Crippen LogP contribution >= 0.6 is 11.6 Å². The Balaban J connectivity index is 1.92. The number of para-hydroxylation sites is 1. The second-order valence-corrected chi connectivity index (χ2v) is 7.30. The first-order valence-corrected chi connectivity index (χ1v) is 8.20. The van der Waals surface area contributed by atoms with Gasteiger partial charge >= 0.3 is 0 Å². The van der Waals surface area contributed by atoms with Gasteiger partial charge in [-0.15, -0.1) is 11.6 Å². The average Bonchev–Trinajstić information content (AvgIpc) is 3.11. The van der Waals surface area contributed by atoms with E-state index in [1.165, 1.54) is 36.8 Å². The number of hydrogen-bond acceptors (Lipinski definition) is 1. The summed E-state index contributed by atoms with van der Waals surface area (Å²) >= 11 is 6.43. The van der Waals surface area contributed by atoms with E-state index in [0.29, 0.717) is 6.04 Å². The van der Waals surface area contributed by atoms with Crippen molar-refractivity contribution >= 4 is 22.6 Å². The maximum Gasteiger partial charge on any atom is 0.127 e. The Kier molecular flexibility index (Phi) is 2.85. The lowest BCUT2D eigenvalue weighted by Gasteiger charge is -2.26. The topological polar surface area (TPSA) is 17.8 Å². The summed E-state index contributed by atoms with van der Waals surface area (Å²) in [6, 6.07) is 7.12. The molecule has 2 aliphatic rings. The lowest BCUT2D eigenvalue weighted by molar-refractivity contribution is 0.329. The van der Waals surface area contributed by atoms with Crippen LogP contribution in [0.3, 0.4) is 0 Å². The number of hydrogen-bond donors (Lipinski definition) is 0. The van der Waals surface area contributed by atoms with Gasteiger partial charge in [-0.3, -0.25) is 0 Å². The molecule has 1 aromatic heterocycles. The van der Waals surface area contributed by atoms with E-state index in [4.69, 9.17) is 16.6 Å². The van der Waals surface area contributed by atoms with Crippen LogP contribution in [0.1, 0.15) is 55.4 Å². The highest BCUT2D eigenvalue weighted by Gasteiger charge is 2.42. The van der Waals surface area contributed by atoms with E-state index in [0.717, 1.165) is 23.2 Å². The molecule has 106 valence electrons. The van der Waals surface area contributed by atoms with Crippen LogP contribution in [0.15, 0.2) is 18.2 Å². The number of halogens is 1. The van der Waals surface area contributed by atoms with Crippen molar-refractivity contribution in [3.63, 3.8) is 0 Å². The van der Waals surface area contributed by atoms with Crippen LogP contribution in [0.5, 0.6) is 0 Å².